The van der Waals surface area contributed by atoms with Crippen molar-refractivity contribution in [3.05, 3.63) is 227 Å². The number of phenols is 2. The van der Waals surface area contributed by atoms with Crippen LogP contribution in [0.3, 0.4) is 0 Å². The molecule has 2 N–H and O–H groups in total. The number of methoxy groups -OCH3 is 2. The third kappa shape index (κ3) is 20.1. The summed E-state index contributed by atoms with van der Waals surface area (Å²) < 4.78 is 10.7. The van der Waals surface area contributed by atoms with E-state index in [0.29, 0.717) is 37.4 Å². The average Bonchev–Trinajstić information content (AvgIpc) is 0.958. The summed E-state index contributed by atoms with van der Waals surface area (Å²) in [5.41, 5.74) is 15.3. The third-order valence-electron chi connectivity index (χ3n) is 14.9. The quantitative estimate of drug-likeness (QED) is 0.0629. The van der Waals surface area contributed by atoms with Gasteiger partial charge in [0.15, 0.2) is 0 Å². The van der Waals surface area contributed by atoms with Gasteiger partial charge in [0.25, 0.3) is 0 Å². The summed E-state index contributed by atoms with van der Waals surface area (Å²) in [7, 11) is 3.40. The number of benzene rings is 8. The van der Waals surface area contributed by atoms with Gasteiger partial charge in [-0.15, -0.1) is 24.3 Å². The molecule has 0 heterocycles. The Bertz CT molecular complexity index is 3230. The van der Waals surface area contributed by atoms with Crippen LogP contribution in [0.4, 0.5) is 22.7 Å². The van der Waals surface area contributed by atoms with Crippen LogP contribution < -0.4 is 20.0 Å². The molecule has 0 saturated carbocycles. The number of aromatic hydroxyl groups is 2. The summed E-state index contributed by atoms with van der Waals surface area (Å²) in [6.45, 7) is 43.2. The molecule has 0 spiro atoms. The monoisotopic (exact) mass is 1340 g/mol. The van der Waals surface area contributed by atoms with Gasteiger partial charge in [-0.05, 0) is 120 Å². The number of rotatable bonds is 14. The molecule has 460 valence electrons. The van der Waals surface area contributed by atoms with Gasteiger partial charge in [-0.1, -0.05) is 191 Å². The van der Waals surface area contributed by atoms with E-state index >= 15 is 0 Å². The van der Waals surface area contributed by atoms with Crippen molar-refractivity contribution in [2.45, 2.75) is 145 Å². The zero-order chi connectivity index (χ0) is 63.9. The van der Waals surface area contributed by atoms with E-state index in [1.807, 2.05) is 159 Å². The smallest absolute Gasteiger partial charge is 0.872 e. The summed E-state index contributed by atoms with van der Waals surface area (Å²) in [5.74, 6) is 0.673. The van der Waals surface area contributed by atoms with Gasteiger partial charge in [0.2, 0.25) is 0 Å². The first-order chi connectivity index (χ1) is 40.3. The maximum absolute atomic E-state index is 13.8. The molecule has 0 atom stereocenters. The first-order valence-electron chi connectivity index (χ1n) is 30.1. The van der Waals surface area contributed by atoms with Gasteiger partial charge in [-0.3, -0.25) is 0 Å². The molecule has 0 saturated heterocycles. The van der Waals surface area contributed by atoms with E-state index in [1.54, 1.807) is 14.2 Å². The van der Waals surface area contributed by atoms with E-state index in [4.69, 9.17) is 9.47 Å². The molecule has 8 nitrogen and oxygen atoms in total. The zero-order valence-electron chi connectivity index (χ0n) is 55.6. The molecule has 0 aliphatic heterocycles. The Kier molecular flexibility index (Phi) is 26.6. The molecule has 0 fully saturated rings. The Morgan fingerprint density at radius 1 is 0.379 bits per heavy atom. The van der Waals surface area contributed by atoms with Crippen LogP contribution in [-0.4, -0.2) is 50.7 Å². The predicted octanol–water partition coefficient (Wildman–Crippen LogP) is 18.8. The van der Waals surface area contributed by atoms with Gasteiger partial charge in [-0.2, -0.15) is 49.2 Å². The Balaban J connectivity index is 0.000000300. The number of hydrogen-bond acceptors (Lipinski definition) is 8. The molecule has 8 aromatic carbocycles. The van der Waals surface area contributed by atoms with E-state index in [0.717, 1.165) is 102 Å². The van der Waals surface area contributed by atoms with E-state index in [9.17, 15) is 20.4 Å². The van der Waals surface area contributed by atoms with E-state index in [-0.39, 0.29) is 70.5 Å². The molecular formula is C78H98HfN2O6. The maximum atomic E-state index is 13.8. The standard InChI is InChI=1S/2C32H43NO3.2C7H7.Hf/c2*1-21-17-24(29(34)25(18-21)31(3,4)5)23-13-10-11-14-27(23)33(15-12-16-36-9)28-20-22(2)19-26(30(28)35)32(6,7)8;2*1-7-5-3-2-4-6-7;/h2*10-11,13-14,17-20,34-35H,12,15-16H2,1-9H3;2*2-6H,1H2;/q;;2*-1;+4/p-2. The van der Waals surface area contributed by atoms with E-state index < -0.39 is 0 Å². The average molecular weight is 1340 g/mol. The van der Waals surface area contributed by atoms with Gasteiger partial charge in [0.05, 0.1) is 11.4 Å². The van der Waals surface area contributed by atoms with Crippen LogP contribution in [-0.2, 0) is 57.0 Å². The molecule has 0 aromatic heterocycles. The Hall–Kier alpha value is -6.91. The summed E-state index contributed by atoms with van der Waals surface area (Å²) in [5, 5.41) is 50.5. The summed E-state index contributed by atoms with van der Waals surface area (Å²) in [6.07, 6.45) is 1.54. The fourth-order valence-electron chi connectivity index (χ4n) is 10.4. The van der Waals surface area contributed by atoms with Gasteiger partial charge in [0, 0.05) is 74.2 Å². The molecule has 0 aliphatic carbocycles. The van der Waals surface area contributed by atoms with Crippen LogP contribution in [0.2, 0.25) is 0 Å². The third-order valence-corrected chi connectivity index (χ3v) is 14.9. The molecule has 9 heteroatoms. The number of ether oxygens (including phenoxy) is 2. The minimum absolute atomic E-state index is 0. The molecule has 0 amide bonds. The predicted molar refractivity (Wildman–Crippen MR) is 361 cm³/mol. The largest absolute Gasteiger partial charge is 4.00 e. The van der Waals surface area contributed by atoms with Crippen molar-refractivity contribution >= 4 is 22.7 Å². The second-order valence-electron chi connectivity index (χ2n) is 26.7. The summed E-state index contributed by atoms with van der Waals surface area (Å²) in [4.78, 5) is 4.29. The number of anilines is 4. The van der Waals surface area contributed by atoms with Crippen LogP contribution >= 0.6 is 0 Å². The SMILES string of the molecule is COCCCN(c1ccccc1-c1cc(C)cc(C(C)(C)C)c1[O-])c1cc(C)cc(C(C)(C)C)c1O.COCCCN(c1ccccc1-c1cc(C)cc(C(C)(C)C)c1[O-])c1cc(C)cc(C(C)(C)C)c1O.[CH2-]c1ccccc1.[CH2-]c1ccccc1.[Hf+4]. The van der Waals surface area contributed by atoms with Crippen LogP contribution in [0.25, 0.3) is 22.3 Å². The van der Waals surface area contributed by atoms with Crippen molar-refractivity contribution < 1.29 is 55.7 Å². The van der Waals surface area contributed by atoms with Crippen molar-refractivity contribution in [3.63, 3.8) is 0 Å². The number of phenolic OH excluding ortho intramolecular Hbond substituents is 2. The number of para-hydroxylation sites is 2. The molecular weight excluding hydrogens is 1240 g/mol. The van der Waals surface area contributed by atoms with Crippen molar-refractivity contribution in [2.75, 3.05) is 50.3 Å². The minimum Gasteiger partial charge on any atom is -0.872 e. The van der Waals surface area contributed by atoms with Gasteiger partial charge in [0.1, 0.15) is 11.5 Å². The minimum atomic E-state index is -0.263. The van der Waals surface area contributed by atoms with E-state index in [2.05, 4.69) is 133 Å². The van der Waals surface area contributed by atoms with Crippen LogP contribution in [0, 0.1) is 41.5 Å². The normalized spacial score (nSPS) is 11.4. The molecule has 0 radical (unpaired) electrons. The topological polar surface area (TPSA) is 112 Å². The Morgan fingerprint density at radius 3 is 0.931 bits per heavy atom. The van der Waals surface area contributed by atoms with Crippen molar-refractivity contribution in [1.29, 1.82) is 0 Å². The van der Waals surface area contributed by atoms with Crippen LogP contribution in [0.1, 0.15) is 152 Å². The van der Waals surface area contributed by atoms with Crippen LogP contribution in [0.5, 0.6) is 23.0 Å². The molecule has 0 bridgehead atoms. The second kappa shape index (κ2) is 31.8. The first kappa shape index (κ1) is 72.6. The Labute approximate surface area is 543 Å². The van der Waals surface area contributed by atoms with Gasteiger partial charge >= 0.3 is 25.8 Å². The van der Waals surface area contributed by atoms with Crippen molar-refractivity contribution in [1.82, 2.24) is 0 Å². The second-order valence-corrected chi connectivity index (χ2v) is 26.7. The molecule has 0 aliphatic rings. The van der Waals surface area contributed by atoms with E-state index in [1.165, 1.54) is 0 Å². The number of aryl methyl sites for hydroxylation is 4. The van der Waals surface area contributed by atoms with Crippen molar-refractivity contribution in [3.8, 4) is 45.3 Å². The number of nitrogens with zero attached hydrogens (tertiary/aromatic N) is 2. The molecule has 8 aromatic rings. The van der Waals surface area contributed by atoms with Crippen molar-refractivity contribution in [2.24, 2.45) is 0 Å². The molecule has 87 heavy (non-hydrogen) atoms. The van der Waals surface area contributed by atoms with Gasteiger partial charge in [-0.25, -0.2) is 0 Å². The fourth-order valence-corrected chi connectivity index (χ4v) is 10.4. The fraction of sp³-hybridized carbons (Fsp3) is 0.359. The Morgan fingerprint density at radius 2 is 0.655 bits per heavy atom. The summed E-state index contributed by atoms with van der Waals surface area (Å²) >= 11 is 0. The maximum Gasteiger partial charge on any atom is 4.00 e. The molecule has 8 rings (SSSR count). The first-order valence-corrected chi connectivity index (χ1v) is 30.1. The molecule has 0 unspecified atom stereocenters. The zero-order valence-corrected chi connectivity index (χ0v) is 59.2. The number of hydrogen-bond donors (Lipinski definition) is 2. The van der Waals surface area contributed by atoms with Crippen LogP contribution in [0.15, 0.2) is 158 Å². The van der Waals surface area contributed by atoms with Gasteiger partial charge < -0.3 is 39.7 Å². The summed E-state index contributed by atoms with van der Waals surface area (Å²) in [6, 6.07) is 52.0.